The van der Waals surface area contributed by atoms with Crippen LogP contribution in [0.2, 0.25) is 0 Å². The second-order valence-corrected chi connectivity index (χ2v) is 7.12. The Bertz CT molecular complexity index is 757. The highest BCUT2D eigenvalue weighted by molar-refractivity contribution is 9.09. The highest BCUT2D eigenvalue weighted by Crippen LogP contribution is 2.40. The molecule has 1 atom stereocenters. The average molecular weight is 359 g/mol. The van der Waals surface area contributed by atoms with E-state index in [1.165, 1.54) is 32.3 Å². The van der Waals surface area contributed by atoms with E-state index < -0.39 is 0 Å². The Morgan fingerprint density at radius 2 is 1.81 bits per heavy atom. The van der Waals surface area contributed by atoms with Crippen molar-refractivity contribution in [2.24, 2.45) is 0 Å². The van der Waals surface area contributed by atoms with Gasteiger partial charge in [-0.05, 0) is 51.9 Å². The predicted molar refractivity (Wildman–Crippen MR) is 97.8 cm³/mol. The molecule has 1 aromatic heterocycles. The first-order chi connectivity index (χ1) is 10.2. The predicted octanol–water partition coefficient (Wildman–Crippen LogP) is 6.51. The molecule has 108 valence electrons. The number of hydrogen-bond acceptors (Lipinski definition) is 1. The Labute approximate surface area is 139 Å². The van der Waals surface area contributed by atoms with Crippen molar-refractivity contribution in [1.29, 1.82) is 0 Å². The van der Waals surface area contributed by atoms with E-state index in [0.29, 0.717) is 0 Å². The third-order valence-electron chi connectivity index (χ3n) is 4.06. The number of halogens is 1. The Kier molecular flexibility index (Phi) is 4.46. The Morgan fingerprint density at radius 3 is 2.57 bits per heavy atom. The number of fused-ring (bicyclic) bond motifs is 1. The number of alkyl halides is 1. The molecule has 21 heavy (non-hydrogen) atoms. The number of rotatable bonds is 4. The first-order valence-electron chi connectivity index (χ1n) is 7.46. The molecule has 3 aromatic rings. The van der Waals surface area contributed by atoms with Crippen LogP contribution in [0.5, 0.6) is 0 Å². The summed E-state index contributed by atoms with van der Waals surface area (Å²) in [6.45, 7) is 4.45. The normalized spacial score (nSPS) is 12.7. The van der Waals surface area contributed by atoms with E-state index in [1.54, 1.807) is 0 Å². The minimum Gasteiger partial charge on any atom is -0.143 e. The van der Waals surface area contributed by atoms with Gasteiger partial charge in [0, 0.05) is 4.70 Å². The minimum atomic E-state index is 0.273. The van der Waals surface area contributed by atoms with Crippen molar-refractivity contribution in [3.05, 3.63) is 70.1 Å². The Hall–Kier alpha value is -1.12. The van der Waals surface area contributed by atoms with Gasteiger partial charge >= 0.3 is 0 Å². The van der Waals surface area contributed by atoms with Crippen LogP contribution in [-0.2, 0) is 12.8 Å². The second-order valence-electron chi connectivity index (χ2n) is 5.29. The molecular weight excluding hydrogens is 340 g/mol. The molecular formula is C19H19BrS. The third kappa shape index (κ3) is 2.79. The number of hydrogen-bond donors (Lipinski definition) is 0. The minimum absolute atomic E-state index is 0.273. The standard InChI is InChI=1S/C19H19BrS/c1-3-13-9-10-14(4-2)16(11-13)19(20)17-12-21-18-8-6-5-7-15(17)18/h5-12,19H,3-4H2,1-2H3. The van der Waals surface area contributed by atoms with Crippen LogP contribution in [0.15, 0.2) is 47.8 Å². The fourth-order valence-corrected chi connectivity index (χ4v) is 4.75. The first kappa shape index (κ1) is 14.8. The van der Waals surface area contributed by atoms with Gasteiger partial charge in [0.2, 0.25) is 0 Å². The summed E-state index contributed by atoms with van der Waals surface area (Å²) < 4.78 is 1.36. The van der Waals surface area contributed by atoms with Gasteiger partial charge in [0.15, 0.2) is 0 Å². The van der Waals surface area contributed by atoms with E-state index in [2.05, 4.69) is 77.6 Å². The molecule has 0 aliphatic carbocycles. The number of thiophene rings is 1. The Morgan fingerprint density at radius 1 is 1.00 bits per heavy atom. The van der Waals surface area contributed by atoms with E-state index in [1.807, 2.05) is 11.3 Å². The zero-order valence-corrected chi connectivity index (χ0v) is 14.8. The maximum atomic E-state index is 3.96. The quantitative estimate of drug-likeness (QED) is 0.466. The molecule has 2 aromatic carbocycles. The molecule has 0 nitrogen and oxygen atoms in total. The topological polar surface area (TPSA) is 0 Å². The highest BCUT2D eigenvalue weighted by atomic mass is 79.9. The molecule has 1 heterocycles. The van der Waals surface area contributed by atoms with Gasteiger partial charge in [0.1, 0.15) is 0 Å². The zero-order valence-electron chi connectivity index (χ0n) is 12.4. The monoisotopic (exact) mass is 358 g/mol. The van der Waals surface area contributed by atoms with Crippen molar-refractivity contribution in [3.8, 4) is 0 Å². The van der Waals surface area contributed by atoms with E-state index >= 15 is 0 Å². The van der Waals surface area contributed by atoms with Gasteiger partial charge in [-0.25, -0.2) is 0 Å². The summed E-state index contributed by atoms with van der Waals surface area (Å²) in [6, 6.07) is 15.6. The highest BCUT2D eigenvalue weighted by Gasteiger charge is 2.17. The van der Waals surface area contributed by atoms with Gasteiger partial charge in [-0.15, -0.1) is 11.3 Å². The summed E-state index contributed by atoms with van der Waals surface area (Å²) in [7, 11) is 0. The lowest BCUT2D eigenvalue weighted by Gasteiger charge is -2.16. The largest absolute Gasteiger partial charge is 0.143 e. The van der Waals surface area contributed by atoms with Crippen molar-refractivity contribution in [1.82, 2.24) is 0 Å². The molecule has 2 heteroatoms. The van der Waals surface area contributed by atoms with Gasteiger partial charge in [-0.3, -0.25) is 0 Å². The SMILES string of the molecule is CCc1ccc(CC)c(C(Br)c2csc3ccccc23)c1. The lowest BCUT2D eigenvalue weighted by Crippen LogP contribution is -1.99. The summed E-state index contributed by atoms with van der Waals surface area (Å²) >= 11 is 5.79. The van der Waals surface area contributed by atoms with E-state index in [4.69, 9.17) is 0 Å². The smallest absolute Gasteiger partial charge is 0.0661 e. The third-order valence-corrected chi connectivity index (χ3v) is 6.02. The van der Waals surface area contributed by atoms with Gasteiger partial charge in [0.25, 0.3) is 0 Å². The van der Waals surface area contributed by atoms with Crippen molar-refractivity contribution in [2.45, 2.75) is 31.5 Å². The molecule has 0 saturated heterocycles. The van der Waals surface area contributed by atoms with Crippen LogP contribution in [0.25, 0.3) is 10.1 Å². The van der Waals surface area contributed by atoms with Crippen LogP contribution in [0, 0.1) is 0 Å². The first-order valence-corrected chi connectivity index (χ1v) is 9.26. The molecule has 0 saturated carbocycles. The van der Waals surface area contributed by atoms with Crippen LogP contribution >= 0.6 is 27.3 Å². The molecule has 0 radical (unpaired) electrons. The van der Waals surface area contributed by atoms with Crippen LogP contribution in [0.3, 0.4) is 0 Å². The van der Waals surface area contributed by atoms with E-state index in [-0.39, 0.29) is 4.83 Å². The molecule has 0 aliphatic rings. The number of aryl methyl sites for hydroxylation is 2. The second kappa shape index (κ2) is 6.33. The van der Waals surface area contributed by atoms with Gasteiger partial charge in [-0.2, -0.15) is 0 Å². The van der Waals surface area contributed by atoms with Crippen LogP contribution in [0.4, 0.5) is 0 Å². The van der Waals surface area contributed by atoms with Gasteiger partial charge in [-0.1, -0.05) is 66.2 Å². The maximum Gasteiger partial charge on any atom is 0.0661 e. The molecule has 0 bridgehead atoms. The molecule has 0 N–H and O–H groups in total. The molecule has 1 unspecified atom stereocenters. The molecule has 0 aliphatic heterocycles. The summed E-state index contributed by atoms with van der Waals surface area (Å²) in [5.41, 5.74) is 5.65. The summed E-state index contributed by atoms with van der Waals surface area (Å²) in [5, 5.41) is 3.66. The number of benzene rings is 2. The van der Waals surface area contributed by atoms with Crippen molar-refractivity contribution in [3.63, 3.8) is 0 Å². The molecule has 3 rings (SSSR count). The molecule has 0 amide bonds. The zero-order chi connectivity index (χ0) is 14.8. The van der Waals surface area contributed by atoms with E-state index in [0.717, 1.165) is 12.8 Å². The lowest BCUT2D eigenvalue weighted by molar-refractivity contribution is 1.04. The van der Waals surface area contributed by atoms with E-state index in [9.17, 15) is 0 Å². The Balaban J connectivity index is 2.11. The lowest BCUT2D eigenvalue weighted by atomic mass is 9.95. The molecule has 0 fully saturated rings. The maximum absolute atomic E-state index is 3.96. The van der Waals surface area contributed by atoms with Crippen molar-refractivity contribution in [2.75, 3.05) is 0 Å². The summed E-state index contributed by atoms with van der Waals surface area (Å²) in [5.74, 6) is 0. The summed E-state index contributed by atoms with van der Waals surface area (Å²) in [4.78, 5) is 0.273. The fraction of sp³-hybridized carbons (Fsp3) is 0.263. The van der Waals surface area contributed by atoms with Crippen LogP contribution in [0.1, 0.15) is 40.9 Å². The van der Waals surface area contributed by atoms with Gasteiger partial charge < -0.3 is 0 Å². The van der Waals surface area contributed by atoms with Crippen LogP contribution in [-0.4, -0.2) is 0 Å². The van der Waals surface area contributed by atoms with Crippen molar-refractivity contribution >= 4 is 37.4 Å². The average Bonchev–Trinajstić information content (AvgIpc) is 2.97. The van der Waals surface area contributed by atoms with Crippen molar-refractivity contribution < 1.29 is 0 Å². The van der Waals surface area contributed by atoms with Gasteiger partial charge in [0.05, 0.1) is 4.83 Å². The molecule has 0 spiro atoms. The summed E-state index contributed by atoms with van der Waals surface area (Å²) in [6.07, 6.45) is 2.16. The fourth-order valence-electron chi connectivity index (χ4n) is 2.78. The van der Waals surface area contributed by atoms with Crippen LogP contribution < -0.4 is 0 Å².